The first-order chi connectivity index (χ1) is 7.50. The largest absolute Gasteiger partial charge is 0.457 e. The Bertz CT molecular complexity index is 263. The van der Waals surface area contributed by atoms with Gasteiger partial charge in [-0.3, -0.25) is 0 Å². The van der Waals surface area contributed by atoms with Crippen LogP contribution >= 0.6 is 0 Å². The third-order valence-electron chi connectivity index (χ3n) is 1.88. The summed E-state index contributed by atoms with van der Waals surface area (Å²) >= 11 is 0. The van der Waals surface area contributed by atoms with Crippen LogP contribution in [0.4, 0.5) is 8.78 Å². The molecule has 1 fully saturated rings. The van der Waals surface area contributed by atoms with Gasteiger partial charge in [0.1, 0.15) is 6.61 Å². The van der Waals surface area contributed by atoms with E-state index in [9.17, 15) is 18.7 Å². The number of halogens is 2. The van der Waals surface area contributed by atoms with Crippen molar-refractivity contribution in [3.05, 3.63) is 12.7 Å². The predicted molar refractivity (Wildman–Crippen MR) is 47.8 cm³/mol. The van der Waals surface area contributed by atoms with Gasteiger partial charge in [-0.15, -0.1) is 0 Å². The highest BCUT2D eigenvalue weighted by Gasteiger charge is 2.53. The minimum Gasteiger partial charge on any atom is -0.457 e. The number of alkyl halides is 2. The van der Waals surface area contributed by atoms with Crippen LogP contribution in [0.5, 0.6) is 0 Å². The van der Waals surface area contributed by atoms with Gasteiger partial charge in [-0.25, -0.2) is 4.79 Å². The average Bonchev–Trinajstić information content (AvgIpc) is 2.77. The van der Waals surface area contributed by atoms with Gasteiger partial charge in [-0.1, -0.05) is 12.7 Å². The zero-order chi connectivity index (χ0) is 12.2. The van der Waals surface area contributed by atoms with E-state index in [-0.39, 0.29) is 19.8 Å². The molecule has 1 atom stereocenters. The molecule has 0 bridgehead atoms. The second-order valence-corrected chi connectivity index (χ2v) is 3.06. The van der Waals surface area contributed by atoms with Crippen LogP contribution in [0.15, 0.2) is 12.7 Å². The Kier molecular flexibility index (Phi) is 4.34. The summed E-state index contributed by atoms with van der Waals surface area (Å²) in [4.78, 5) is 10.9. The van der Waals surface area contributed by atoms with Crippen LogP contribution in [0.3, 0.4) is 0 Å². The van der Waals surface area contributed by atoms with Crippen molar-refractivity contribution in [2.24, 2.45) is 0 Å². The van der Waals surface area contributed by atoms with Gasteiger partial charge in [0.15, 0.2) is 12.4 Å². The molecule has 1 rings (SSSR count). The molecule has 0 aromatic carbocycles. The molecule has 0 aromatic heterocycles. The molecule has 7 heteroatoms. The normalized spacial score (nSPS) is 19.4. The summed E-state index contributed by atoms with van der Waals surface area (Å²) in [5.41, 5.74) is 0. The zero-order valence-corrected chi connectivity index (χ0v) is 8.40. The molecule has 0 saturated carbocycles. The molecule has 5 nitrogen and oxygen atoms in total. The summed E-state index contributed by atoms with van der Waals surface area (Å²) in [5, 5.41) is 9.22. The number of aliphatic hydroxyl groups excluding tert-OH is 1. The van der Waals surface area contributed by atoms with Crippen molar-refractivity contribution in [1.82, 2.24) is 0 Å². The molecule has 0 aromatic rings. The molecule has 92 valence electrons. The molecule has 1 unspecified atom stereocenters. The Labute approximate surface area is 90.6 Å². The number of hydrogen-bond acceptors (Lipinski definition) is 5. The summed E-state index contributed by atoms with van der Waals surface area (Å²) < 4.78 is 40.0. The van der Waals surface area contributed by atoms with Crippen molar-refractivity contribution in [1.29, 1.82) is 0 Å². The molecular formula is C9H12F2O5. The van der Waals surface area contributed by atoms with Gasteiger partial charge in [-0.2, -0.15) is 8.78 Å². The van der Waals surface area contributed by atoms with Crippen LogP contribution in [-0.4, -0.2) is 49.2 Å². The lowest BCUT2D eigenvalue weighted by molar-refractivity contribution is -0.224. The van der Waals surface area contributed by atoms with E-state index >= 15 is 0 Å². The van der Waals surface area contributed by atoms with E-state index in [1.807, 2.05) is 0 Å². The summed E-state index contributed by atoms with van der Waals surface area (Å²) in [6, 6.07) is 0. The standard InChI is InChI=1S/C9H12F2O5/c1-2-3-16-8(13)9(10,11)6(12)7-14-4-5-15-7/h2,6-7,12H,1,3-5H2. The molecule has 1 N–H and O–H groups in total. The number of carbonyl (C=O) groups is 1. The molecule has 1 aliphatic rings. The maximum Gasteiger partial charge on any atom is 0.380 e. The quantitative estimate of drug-likeness (QED) is 0.543. The van der Waals surface area contributed by atoms with Crippen molar-refractivity contribution in [3.8, 4) is 0 Å². The van der Waals surface area contributed by atoms with Gasteiger partial charge in [-0.05, 0) is 0 Å². The van der Waals surface area contributed by atoms with Crippen molar-refractivity contribution < 1.29 is 32.9 Å². The second kappa shape index (κ2) is 5.33. The number of hydrogen-bond donors (Lipinski definition) is 1. The SMILES string of the molecule is C=CCOC(=O)C(F)(F)C(O)C1OCCO1. The molecule has 1 saturated heterocycles. The summed E-state index contributed by atoms with van der Waals surface area (Å²) in [6.07, 6.45) is -2.75. The van der Waals surface area contributed by atoms with E-state index in [1.54, 1.807) is 0 Å². The smallest absolute Gasteiger partial charge is 0.380 e. The third-order valence-corrected chi connectivity index (χ3v) is 1.88. The maximum absolute atomic E-state index is 13.3. The number of aliphatic hydroxyl groups is 1. The Morgan fingerprint density at radius 1 is 1.62 bits per heavy atom. The average molecular weight is 238 g/mol. The summed E-state index contributed by atoms with van der Waals surface area (Å²) in [5.74, 6) is -5.91. The van der Waals surface area contributed by atoms with E-state index in [0.29, 0.717) is 0 Å². The van der Waals surface area contributed by atoms with Gasteiger partial charge >= 0.3 is 11.9 Å². The highest BCUT2D eigenvalue weighted by molar-refractivity contribution is 5.78. The molecule has 16 heavy (non-hydrogen) atoms. The van der Waals surface area contributed by atoms with Crippen molar-refractivity contribution in [2.75, 3.05) is 19.8 Å². The summed E-state index contributed by atoms with van der Waals surface area (Å²) in [7, 11) is 0. The lowest BCUT2D eigenvalue weighted by Gasteiger charge is -2.23. The fourth-order valence-electron chi connectivity index (χ4n) is 1.08. The fourth-order valence-corrected chi connectivity index (χ4v) is 1.08. The first kappa shape index (κ1) is 13.0. The molecule has 0 spiro atoms. The minimum atomic E-state index is -4.07. The van der Waals surface area contributed by atoms with E-state index < -0.39 is 24.3 Å². The lowest BCUT2D eigenvalue weighted by Crippen LogP contribution is -2.49. The number of carbonyl (C=O) groups excluding carboxylic acids is 1. The van der Waals surface area contributed by atoms with Gasteiger partial charge in [0.25, 0.3) is 0 Å². The van der Waals surface area contributed by atoms with Gasteiger partial charge in [0, 0.05) is 0 Å². The van der Waals surface area contributed by atoms with E-state index in [2.05, 4.69) is 20.8 Å². The molecular weight excluding hydrogens is 226 g/mol. The van der Waals surface area contributed by atoms with Crippen LogP contribution in [0, 0.1) is 0 Å². The maximum atomic E-state index is 13.3. The van der Waals surface area contributed by atoms with E-state index in [4.69, 9.17) is 0 Å². The second-order valence-electron chi connectivity index (χ2n) is 3.06. The van der Waals surface area contributed by atoms with Crippen molar-refractivity contribution in [3.63, 3.8) is 0 Å². The Hall–Kier alpha value is -1.05. The third kappa shape index (κ3) is 2.75. The number of ether oxygens (including phenoxy) is 3. The van der Waals surface area contributed by atoms with E-state index in [0.717, 1.165) is 6.08 Å². The Balaban J connectivity index is 2.59. The highest BCUT2D eigenvalue weighted by Crippen LogP contribution is 2.26. The fraction of sp³-hybridized carbons (Fsp3) is 0.667. The zero-order valence-electron chi connectivity index (χ0n) is 8.40. The number of esters is 1. The first-order valence-corrected chi connectivity index (χ1v) is 4.57. The molecule has 1 heterocycles. The van der Waals surface area contributed by atoms with Crippen molar-refractivity contribution >= 4 is 5.97 Å². The van der Waals surface area contributed by atoms with Gasteiger partial charge in [0.2, 0.25) is 0 Å². The van der Waals surface area contributed by atoms with Crippen LogP contribution in [-0.2, 0) is 19.0 Å². The molecule has 1 aliphatic heterocycles. The monoisotopic (exact) mass is 238 g/mol. The van der Waals surface area contributed by atoms with Crippen molar-refractivity contribution in [2.45, 2.75) is 18.3 Å². The van der Waals surface area contributed by atoms with Gasteiger partial charge < -0.3 is 19.3 Å². The van der Waals surface area contributed by atoms with E-state index in [1.165, 1.54) is 0 Å². The lowest BCUT2D eigenvalue weighted by atomic mass is 10.2. The topological polar surface area (TPSA) is 65.0 Å². The minimum absolute atomic E-state index is 0.0967. The number of rotatable bonds is 5. The molecule has 0 radical (unpaired) electrons. The van der Waals surface area contributed by atoms with Crippen LogP contribution < -0.4 is 0 Å². The van der Waals surface area contributed by atoms with Gasteiger partial charge in [0.05, 0.1) is 13.2 Å². The molecule has 0 amide bonds. The Morgan fingerprint density at radius 3 is 2.69 bits per heavy atom. The Morgan fingerprint density at radius 2 is 2.19 bits per heavy atom. The first-order valence-electron chi connectivity index (χ1n) is 4.57. The predicted octanol–water partition coefficient (Wildman–Crippen LogP) is 0.0847. The van der Waals surface area contributed by atoms with Crippen LogP contribution in [0.2, 0.25) is 0 Å². The van der Waals surface area contributed by atoms with Crippen LogP contribution in [0.25, 0.3) is 0 Å². The van der Waals surface area contributed by atoms with Crippen LogP contribution in [0.1, 0.15) is 0 Å². The molecule has 0 aliphatic carbocycles. The highest BCUT2D eigenvalue weighted by atomic mass is 19.3. The summed E-state index contributed by atoms with van der Waals surface area (Å²) in [6.45, 7) is 3.04.